The quantitative estimate of drug-likeness (QED) is 0.506. The molecule has 1 heterocycles. The standard InChI is InChI=1S/C21H18F2N2O5/c22-21(23)30-15-9-7-14(8-10-15)25-19(26)13-29-20(27)17-5-1-2-6-18(17)24-12-16-4-3-11-28-16/h1-11,21,24H,12-13H2,(H,25,26). The normalized spacial score (nSPS) is 10.5. The molecule has 0 aliphatic carbocycles. The molecular formula is C21H18F2N2O5. The highest BCUT2D eigenvalue weighted by molar-refractivity contribution is 5.98. The molecule has 0 atom stereocenters. The molecule has 0 saturated carbocycles. The van der Waals surface area contributed by atoms with E-state index in [0.29, 0.717) is 23.7 Å². The van der Waals surface area contributed by atoms with Crippen molar-refractivity contribution in [1.82, 2.24) is 0 Å². The van der Waals surface area contributed by atoms with Gasteiger partial charge in [0.25, 0.3) is 5.91 Å². The number of carbonyl (C=O) groups excluding carboxylic acids is 2. The lowest BCUT2D eigenvalue weighted by atomic mass is 10.2. The van der Waals surface area contributed by atoms with Crippen LogP contribution in [-0.2, 0) is 16.1 Å². The average Bonchev–Trinajstić information content (AvgIpc) is 3.25. The SMILES string of the molecule is O=C(COC(=O)c1ccccc1NCc1ccco1)Nc1ccc(OC(F)F)cc1. The van der Waals surface area contributed by atoms with Crippen molar-refractivity contribution in [2.75, 3.05) is 17.2 Å². The van der Waals surface area contributed by atoms with E-state index in [2.05, 4.69) is 15.4 Å². The Hall–Kier alpha value is -3.88. The third kappa shape index (κ3) is 6.06. The number of hydrogen-bond acceptors (Lipinski definition) is 6. The van der Waals surface area contributed by atoms with Gasteiger partial charge in [0, 0.05) is 11.4 Å². The smallest absolute Gasteiger partial charge is 0.387 e. The number of anilines is 2. The molecule has 0 aliphatic heterocycles. The van der Waals surface area contributed by atoms with Crippen molar-refractivity contribution in [2.45, 2.75) is 13.2 Å². The van der Waals surface area contributed by atoms with Gasteiger partial charge in [-0.3, -0.25) is 4.79 Å². The van der Waals surface area contributed by atoms with Gasteiger partial charge in [0.15, 0.2) is 6.61 Å². The second-order valence-corrected chi connectivity index (χ2v) is 6.01. The van der Waals surface area contributed by atoms with Crippen LogP contribution in [0.25, 0.3) is 0 Å². The van der Waals surface area contributed by atoms with E-state index in [1.54, 1.807) is 42.7 Å². The van der Waals surface area contributed by atoms with Gasteiger partial charge < -0.3 is 24.5 Å². The molecular weight excluding hydrogens is 398 g/mol. The fraction of sp³-hybridized carbons (Fsp3) is 0.143. The zero-order valence-corrected chi connectivity index (χ0v) is 15.6. The molecule has 3 rings (SSSR count). The molecule has 30 heavy (non-hydrogen) atoms. The molecule has 2 N–H and O–H groups in total. The monoisotopic (exact) mass is 416 g/mol. The van der Waals surface area contributed by atoms with E-state index in [1.165, 1.54) is 24.3 Å². The molecule has 0 aliphatic rings. The van der Waals surface area contributed by atoms with Crippen LogP contribution in [0, 0.1) is 0 Å². The number of halogens is 2. The summed E-state index contributed by atoms with van der Waals surface area (Å²) in [4.78, 5) is 24.4. The van der Waals surface area contributed by atoms with Gasteiger partial charge in [-0.15, -0.1) is 0 Å². The number of ether oxygens (including phenoxy) is 2. The summed E-state index contributed by atoms with van der Waals surface area (Å²) in [7, 11) is 0. The second-order valence-electron chi connectivity index (χ2n) is 6.01. The number of nitrogens with one attached hydrogen (secondary N) is 2. The van der Waals surface area contributed by atoms with Crippen molar-refractivity contribution in [3.8, 4) is 5.75 Å². The van der Waals surface area contributed by atoms with Crippen molar-refractivity contribution in [2.24, 2.45) is 0 Å². The number of alkyl halides is 2. The number of hydrogen-bond donors (Lipinski definition) is 2. The molecule has 7 nitrogen and oxygen atoms in total. The predicted molar refractivity (Wildman–Crippen MR) is 104 cm³/mol. The fourth-order valence-electron chi connectivity index (χ4n) is 2.54. The average molecular weight is 416 g/mol. The summed E-state index contributed by atoms with van der Waals surface area (Å²) >= 11 is 0. The van der Waals surface area contributed by atoms with Gasteiger partial charge in [0.2, 0.25) is 0 Å². The van der Waals surface area contributed by atoms with Crippen molar-refractivity contribution in [3.05, 3.63) is 78.3 Å². The Labute approximate surface area is 170 Å². The van der Waals surface area contributed by atoms with E-state index in [4.69, 9.17) is 9.15 Å². The lowest BCUT2D eigenvalue weighted by molar-refractivity contribution is -0.119. The molecule has 3 aromatic rings. The number of esters is 1. The minimum atomic E-state index is -2.93. The lowest BCUT2D eigenvalue weighted by Gasteiger charge is -2.11. The summed E-state index contributed by atoms with van der Waals surface area (Å²) in [5.41, 5.74) is 1.15. The van der Waals surface area contributed by atoms with Gasteiger partial charge in [0.1, 0.15) is 11.5 Å². The number of benzene rings is 2. The highest BCUT2D eigenvalue weighted by Gasteiger charge is 2.15. The molecule has 9 heteroatoms. The largest absolute Gasteiger partial charge is 0.467 e. The van der Waals surface area contributed by atoms with E-state index in [9.17, 15) is 18.4 Å². The van der Waals surface area contributed by atoms with Gasteiger partial charge in [-0.05, 0) is 48.5 Å². The first kappa shape index (κ1) is 20.8. The van der Waals surface area contributed by atoms with Crippen molar-refractivity contribution in [3.63, 3.8) is 0 Å². The van der Waals surface area contributed by atoms with Gasteiger partial charge in [-0.2, -0.15) is 8.78 Å². The Morgan fingerprint density at radius 2 is 1.77 bits per heavy atom. The molecule has 156 valence electrons. The van der Waals surface area contributed by atoms with E-state index < -0.39 is 25.1 Å². The summed E-state index contributed by atoms with van der Waals surface area (Å²) < 4.78 is 38.8. The molecule has 0 bridgehead atoms. The number of amides is 1. The molecule has 0 fully saturated rings. The van der Waals surface area contributed by atoms with Crippen molar-refractivity contribution in [1.29, 1.82) is 0 Å². The number of carbonyl (C=O) groups is 2. The Kier molecular flexibility index (Phi) is 6.99. The predicted octanol–water partition coefficient (Wildman–Crippen LogP) is 4.29. The maximum absolute atomic E-state index is 12.4. The summed E-state index contributed by atoms with van der Waals surface area (Å²) in [6.07, 6.45) is 1.55. The first-order chi connectivity index (χ1) is 14.5. The van der Waals surface area contributed by atoms with Crippen LogP contribution in [-0.4, -0.2) is 25.1 Å². The van der Waals surface area contributed by atoms with Crippen LogP contribution in [0.1, 0.15) is 16.1 Å². The van der Waals surface area contributed by atoms with Crippen LogP contribution in [0.2, 0.25) is 0 Å². The minimum absolute atomic E-state index is 0.0342. The zero-order chi connectivity index (χ0) is 21.3. The third-order valence-electron chi connectivity index (χ3n) is 3.88. The van der Waals surface area contributed by atoms with Gasteiger partial charge in [-0.1, -0.05) is 12.1 Å². The van der Waals surface area contributed by atoms with Gasteiger partial charge in [-0.25, -0.2) is 4.79 Å². The molecule has 0 saturated heterocycles. The molecule has 0 spiro atoms. The first-order valence-electron chi connectivity index (χ1n) is 8.88. The Morgan fingerprint density at radius 1 is 1.00 bits per heavy atom. The van der Waals surface area contributed by atoms with Crippen LogP contribution in [0.15, 0.2) is 71.3 Å². The van der Waals surface area contributed by atoms with Crippen LogP contribution in [0.3, 0.4) is 0 Å². The van der Waals surface area contributed by atoms with Crippen molar-refractivity contribution >= 4 is 23.3 Å². The maximum atomic E-state index is 12.4. The second kappa shape index (κ2) is 10.1. The molecule has 2 aromatic carbocycles. The summed E-state index contributed by atoms with van der Waals surface area (Å²) in [6.45, 7) is -3.06. The first-order valence-corrected chi connectivity index (χ1v) is 8.88. The van der Waals surface area contributed by atoms with E-state index in [-0.39, 0.29) is 11.3 Å². The number of rotatable bonds is 9. The Bertz CT molecular complexity index is 975. The molecule has 1 amide bonds. The summed E-state index contributed by atoms with van der Waals surface area (Å²) in [5, 5.41) is 5.58. The number of para-hydroxylation sites is 1. The molecule has 1 aromatic heterocycles. The minimum Gasteiger partial charge on any atom is -0.467 e. The highest BCUT2D eigenvalue weighted by Crippen LogP contribution is 2.19. The van der Waals surface area contributed by atoms with E-state index in [1.807, 2.05) is 0 Å². The summed E-state index contributed by atoms with van der Waals surface area (Å²) in [5.74, 6) is -0.587. The van der Waals surface area contributed by atoms with Crippen LogP contribution < -0.4 is 15.4 Å². The Balaban J connectivity index is 1.52. The summed E-state index contributed by atoms with van der Waals surface area (Å²) in [6, 6.07) is 15.6. The maximum Gasteiger partial charge on any atom is 0.387 e. The zero-order valence-electron chi connectivity index (χ0n) is 15.6. The van der Waals surface area contributed by atoms with E-state index >= 15 is 0 Å². The molecule has 0 radical (unpaired) electrons. The number of furan rings is 1. The topological polar surface area (TPSA) is 89.8 Å². The van der Waals surface area contributed by atoms with Crippen LogP contribution in [0.5, 0.6) is 5.75 Å². The lowest BCUT2D eigenvalue weighted by Crippen LogP contribution is -2.21. The Morgan fingerprint density at radius 3 is 2.47 bits per heavy atom. The molecule has 0 unspecified atom stereocenters. The van der Waals surface area contributed by atoms with Crippen LogP contribution in [0.4, 0.5) is 20.2 Å². The van der Waals surface area contributed by atoms with Crippen molar-refractivity contribution < 1.29 is 32.3 Å². The highest BCUT2D eigenvalue weighted by atomic mass is 19.3. The third-order valence-corrected chi connectivity index (χ3v) is 3.88. The fourth-order valence-corrected chi connectivity index (χ4v) is 2.54. The van der Waals surface area contributed by atoms with Gasteiger partial charge in [0.05, 0.1) is 18.4 Å². The van der Waals surface area contributed by atoms with Crippen LogP contribution >= 0.6 is 0 Å². The van der Waals surface area contributed by atoms with Gasteiger partial charge >= 0.3 is 12.6 Å². The van der Waals surface area contributed by atoms with E-state index in [0.717, 1.165) is 0 Å².